The van der Waals surface area contributed by atoms with E-state index in [1.54, 1.807) is 6.20 Å². The topological polar surface area (TPSA) is 37.8 Å². The van der Waals surface area contributed by atoms with Crippen molar-refractivity contribution in [3.63, 3.8) is 0 Å². The first-order valence-electron chi connectivity index (χ1n) is 5.68. The smallest absolute Gasteiger partial charge is 0.159 e. The second kappa shape index (κ2) is 6.27. The molecule has 3 nitrogen and oxygen atoms in total. The molecule has 0 unspecified atom stereocenters. The van der Waals surface area contributed by atoms with Gasteiger partial charge in [-0.05, 0) is 46.7 Å². The van der Waals surface area contributed by atoms with Crippen LogP contribution in [0.2, 0.25) is 5.02 Å². The van der Waals surface area contributed by atoms with E-state index in [0.29, 0.717) is 10.8 Å². The van der Waals surface area contributed by atoms with Crippen molar-refractivity contribution in [1.29, 1.82) is 0 Å². The number of hydrogen-bond donors (Lipinski definition) is 1. The Morgan fingerprint density at radius 1 is 1.33 bits per heavy atom. The first-order valence-corrected chi connectivity index (χ1v) is 6.86. The van der Waals surface area contributed by atoms with Gasteiger partial charge in [0.1, 0.15) is 0 Å². The number of aromatic nitrogens is 2. The summed E-state index contributed by atoms with van der Waals surface area (Å²) >= 11 is 9.37. The van der Waals surface area contributed by atoms with E-state index in [-0.39, 0.29) is 0 Å². The lowest BCUT2D eigenvalue weighted by molar-refractivity contribution is 0.709. The average Bonchev–Trinajstić information content (AvgIpc) is 2.40. The minimum absolute atomic E-state index is 0.683. The van der Waals surface area contributed by atoms with E-state index >= 15 is 0 Å². The van der Waals surface area contributed by atoms with Gasteiger partial charge in [-0.1, -0.05) is 18.5 Å². The van der Waals surface area contributed by atoms with Crippen LogP contribution in [0.15, 0.2) is 34.9 Å². The lowest BCUT2D eigenvalue weighted by Gasteiger charge is -2.05. The standard InChI is InChI=1S/C13H13BrClN3/c1-2-16-8-10-5-6-17-13(18-10)9-3-4-12(15)11(14)7-9/h3-7,16H,2,8H2,1H3. The molecule has 18 heavy (non-hydrogen) atoms. The van der Waals surface area contributed by atoms with Crippen LogP contribution in [0.5, 0.6) is 0 Å². The molecule has 0 aliphatic carbocycles. The minimum Gasteiger partial charge on any atom is -0.311 e. The Labute approximate surface area is 120 Å². The van der Waals surface area contributed by atoms with Gasteiger partial charge in [-0.2, -0.15) is 0 Å². The highest BCUT2D eigenvalue weighted by atomic mass is 79.9. The van der Waals surface area contributed by atoms with E-state index < -0.39 is 0 Å². The third kappa shape index (κ3) is 3.28. The molecule has 1 aromatic heterocycles. The fourth-order valence-corrected chi connectivity index (χ4v) is 2.02. The molecule has 0 aliphatic heterocycles. The van der Waals surface area contributed by atoms with Gasteiger partial charge < -0.3 is 5.32 Å². The molecule has 0 fully saturated rings. The molecule has 5 heteroatoms. The van der Waals surface area contributed by atoms with Gasteiger partial charge in [0.25, 0.3) is 0 Å². The summed E-state index contributed by atoms with van der Waals surface area (Å²) in [6.45, 7) is 3.74. The van der Waals surface area contributed by atoms with Crippen molar-refractivity contribution in [3.05, 3.63) is 45.7 Å². The normalized spacial score (nSPS) is 10.6. The molecule has 0 aliphatic rings. The summed E-state index contributed by atoms with van der Waals surface area (Å²) in [5.41, 5.74) is 1.93. The molecule has 2 rings (SSSR count). The Balaban J connectivity index is 2.29. The predicted octanol–water partition coefficient (Wildman–Crippen LogP) is 3.67. The van der Waals surface area contributed by atoms with Gasteiger partial charge in [0.2, 0.25) is 0 Å². The molecule has 1 aromatic carbocycles. The zero-order valence-electron chi connectivity index (χ0n) is 9.95. The Kier molecular flexibility index (Phi) is 4.69. The van der Waals surface area contributed by atoms with E-state index in [2.05, 4.69) is 38.1 Å². The van der Waals surface area contributed by atoms with Gasteiger partial charge in [0.15, 0.2) is 5.82 Å². The average molecular weight is 327 g/mol. The molecule has 1 heterocycles. The highest BCUT2D eigenvalue weighted by Gasteiger charge is 2.05. The Morgan fingerprint density at radius 2 is 2.17 bits per heavy atom. The van der Waals surface area contributed by atoms with Gasteiger partial charge >= 0.3 is 0 Å². The molecule has 2 aromatic rings. The molecule has 0 atom stereocenters. The second-order valence-corrected chi connectivity index (χ2v) is 5.04. The molecular weight excluding hydrogens is 314 g/mol. The number of nitrogens with zero attached hydrogens (tertiary/aromatic N) is 2. The molecule has 0 spiro atoms. The lowest BCUT2D eigenvalue weighted by Crippen LogP contribution is -2.13. The van der Waals surface area contributed by atoms with Crippen LogP contribution in [0.1, 0.15) is 12.6 Å². The van der Waals surface area contributed by atoms with Gasteiger partial charge in [-0.3, -0.25) is 0 Å². The van der Waals surface area contributed by atoms with Crippen LogP contribution in [-0.4, -0.2) is 16.5 Å². The van der Waals surface area contributed by atoms with Crippen molar-refractivity contribution < 1.29 is 0 Å². The van der Waals surface area contributed by atoms with Crippen molar-refractivity contribution in [3.8, 4) is 11.4 Å². The number of hydrogen-bond acceptors (Lipinski definition) is 3. The van der Waals surface area contributed by atoms with Crippen LogP contribution >= 0.6 is 27.5 Å². The Morgan fingerprint density at radius 3 is 2.89 bits per heavy atom. The summed E-state index contributed by atoms with van der Waals surface area (Å²) in [6.07, 6.45) is 1.78. The lowest BCUT2D eigenvalue weighted by atomic mass is 10.2. The number of nitrogens with one attached hydrogen (secondary N) is 1. The summed E-state index contributed by atoms with van der Waals surface area (Å²) in [7, 11) is 0. The van der Waals surface area contributed by atoms with Crippen LogP contribution in [0.4, 0.5) is 0 Å². The Hall–Kier alpha value is -0.970. The molecule has 94 valence electrons. The quantitative estimate of drug-likeness (QED) is 0.931. The van der Waals surface area contributed by atoms with Gasteiger partial charge in [-0.15, -0.1) is 0 Å². The molecule has 0 radical (unpaired) electrons. The highest BCUT2D eigenvalue weighted by molar-refractivity contribution is 9.10. The zero-order valence-corrected chi connectivity index (χ0v) is 12.3. The maximum absolute atomic E-state index is 5.97. The first kappa shape index (κ1) is 13.5. The van der Waals surface area contributed by atoms with Crippen molar-refractivity contribution in [2.24, 2.45) is 0 Å². The second-order valence-electron chi connectivity index (χ2n) is 3.78. The largest absolute Gasteiger partial charge is 0.311 e. The molecule has 1 N–H and O–H groups in total. The van der Waals surface area contributed by atoms with Gasteiger partial charge in [0, 0.05) is 22.8 Å². The van der Waals surface area contributed by atoms with Crippen LogP contribution in [-0.2, 0) is 6.54 Å². The molecule has 0 saturated heterocycles. The molecular formula is C13H13BrClN3. The van der Waals surface area contributed by atoms with E-state index in [1.165, 1.54) is 0 Å². The third-order valence-corrected chi connectivity index (χ3v) is 3.66. The van der Waals surface area contributed by atoms with Crippen molar-refractivity contribution in [1.82, 2.24) is 15.3 Å². The fourth-order valence-electron chi connectivity index (χ4n) is 1.52. The minimum atomic E-state index is 0.683. The van der Waals surface area contributed by atoms with Gasteiger partial charge in [-0.25, -0.2) is 9.97 Å². The van der Waals surface area contributed by atoms with Crippen molar-refractivity contribution >= 4 is 27.5 Å². The SMILES string of the molecule is CCNCc1ccnc(-c2ccc(Cl)c(Br)c2)n1. The maximum atomic E-state index is 5.97. The maximum Gasteiger partial charge on any atom is 0.159 e. The van der Waals surface area contributed by atoms with E-state index in [0.717, 1.165) is 28.8 Å². The van der Waals surface area contributed by atoms with Crippen LogP contribution in [0, 0.1) is 0 Å². The van der Waals surface area contributed by atoms with Crippen molar-refractivity contribution in [2.75, 3.05) is 6.54 Å². The molecule has 0 saturated carbocycles. The molecule has 0 amide bonds. The zero-order chi connectivity index (χ0) is 13.0. The highest BCUT2D eigenvalue weighted by Crippen LogP contribution is 2.27. The van der Waals surface area contributed by atoms with E-state index in [9.17, 15) is 0 Å². The summed E-state index contributed by atoms with van der Waals surface area (Å²) < 4.78 is 0.849. The molecule has 0 bridgehead atoms. The summed E-state index contributed by atoms with van der Waals surface area (Å²) in [5.74, 6) is 0.711. The summed E-state index contributed by atoms with van der Waals surface area (Å²) in [5, 5.41) is 3.93. The van der Waals surface area contributed by atoms with Crippen LogP contribution < -0.4 is 5.32 Å². The number of rotatable bonds is 4. The van der Waals surface area contributed by atoms with E-state index in [1.807, 2.05) is 24.3 Å². The number of halogens is 2. The fraction of sp³-hybridized carbons (Fsp3) is 0.231. The summed E-state index contributed by atoms with van der Waals surface area (Å²) in [4.78, 5) is 8.80. The van der Waals surface area contributed by atoms with Gasteiger partial charge in [0.05, 0.1) is 10.7 Å². The monoisotopic (exact) mass is 325 g/mol. The third-order valence-electron chi connectivity index (χ3n) is 2.45. The summed E-state index contributed by atoms with van der Waals surface area (Å²) in [6, 6.07) is 7.59. The van der Waals surface area contributed by atoms with Crippen molar-refractivity contribution in [2.45, 2.75) is 13.5 Å². The van der Waals surface area contributed by atoms with E-state index in [4.69, 9.17) is 11.6 Å². The Bertz CT molecular complexity index is 546. The number of benzene rings is 1. The predicted molar refractivity (Wildman–Crippen MR) is 77.6 cm³/mol. The first-order chi connectivity index (χ1) is 8.70. The van der Waals surface area contributed by atoms with Crippen LogP contribution in [0.25, 0.3) is 11.4 Å². The van der Waals surface area contributed by atoms with Crippen LogP contribution in [0.3, 0.4) is 0 Å².